The molecule has 166 valence electrons. The maximum absolute atomic E-state index is 13.4. The van der Waals surface area contributed by atoms with Gasteiger partial charge < -0.3 is 15.0 Å². The standard InChI is InChI=1S/C19H30N4O6P/c1-15(2)28-19(25)18(11-10-16(24)14-22-21)23-30(26,27-13-7-6-12-20)29-17-8-4-3-5-9-17/h3-5,8-9,14-15,18,21H,6-7,10-13,20H2,1-2H3,(H,23,26)/q+1/t18-,30?/m0/s1. The molecule has 1 aromatic carbocycles. The van der Waals surface area contributed by atoms with E-state index in [-0.39, 0.29) is 19.4 Å². The van der Waals surface area contributed by atoms with Gasteiger partial charge in [0.15, 0.2) is 0 Å². The van der Waals surface area contributed by atoms with E-state index in [1.807, 2.05) is 0 Å². The first-order chi connectivity index (χ1) is 14.3. The topological polar surface area (TPSA) is 155 Å². The minimum absolute atomic E-state index is 0.0370. The molecule has 4 N–H and O–H groups in total. The van der Waals surface area contributed by atoms with Gasteiger partial charge in [-0.3, -0.25) is 14.1 Å². The fraction of sp³-hybridized carbons (Fsp3) is 0.526. The van der Waals surface area contributed by atoms with E-state index in [1.54, 1.807) is 44.2 Å². The number of para-hydroxylation sites is 1. The number of hydrogen-bond acceptors (Lipinski definition) is 8. The number of rotatable bonds is 15. The number of ether oxygens (including phenoxy) is 1. The van der Waals surface area contributed by atoms with Gasteiger partial charge in [0.05, 0.1) is 23.0 Å². The number of hydrogen-bond donors (Lipinski definition) is 3. The number of carbonyl (C=O) groups is 2. The highest BCUT2D eigenvalue weighted by Gasteiger charge is 2.35. The van der Waals surface area contributed by atoms with Crippen LogP contribution in [-0.2, 0) is 23.4 Å². The highest BCUT2D eigenvalue weighted by molar-refractivity contribution is 7.52. The second-order valence-corrected chi connectivity index (χ2v) is 8.36. The Bertz CT molecular complexity index is 768. The molecule has 0 heterocycles. The lowest BCUT2D eigenvalue weighted by Gasteiger charge is -2.25. The predicted molar refractivity (Wildman–Crippen MR) is 110 cm³/mol. The van der Waals surface area contributed by atoms with Gasteiger partial charge in [0, 0.05) is 6.42 Å². The van der Waals surface area contributed by atoms with Crippen LogP contribution in [0.5, 0.6) is 5.75 Å². The summed E-state index contributed by atoms with van der Waals surface area (Å²) in [5, 5.41) is 2.62. The van der Waals surface area contributed by atoms with Crippen LogP contribution in [0.2, 0.25) is 0 Å². The van der Waals surface area contributed by atoms with Gasteiger partial charge in [0.25, 0.3) is 0 Å². The number of nitrogens with one attached hydrogen (secondary N) is 2. The molecule has 10 nitrogen and oxygen atoms in total. The maximum Gasteiger partial charge on any atom is 0.459 e. The number of benzene rings is 1. The maximum atomic E-state index is 13.4. The quantitative estimate of drug-likeness (QED) is 0.0936. The first kappa shape index (κ1) is 25.7. The smallest absolute Gasteiger partial charge is 0.459 e. The van der Waals surface area contributed by atoms with Crippen molar-refractivity contribution in [2.45, 2.75) is 51.7 Å². The lowest BCUT2D eigenvalue weighted by Crippen LogP contribution is -2.39. The molecular formula is C19H30N4O6P+. The lowest BCUT2D eigenvalue weighted by molar-refractivity contribution is -0.149. The molecule has 0 aromatic heterocycles. The second kappa shape index (κ2) is 13.8. The number of Topliss-reactive ketones (excluding diaryl/α,β-unsaturated/α-hetero) is 1. The third kappa shape index (κ3) is 10.4. The minimum atomic E-state index is -3.98. The Kier molecular flexibility index (Phi) is 11.8. The lowest BCUT2D eigenvalue weighted by atomic mass is 10.1. The zero-order valence-corrected chi connectivity index (χ0v) is 18.2. The van der Waals surface area contributed by atoms with Crippen molar-refractivity contribution < 1.29 is 32.7 Å². The normalized spacial score (nSPS) is 13.7. The van der Waals surface area contributed by atoms with Crippen LogP contribution < -0.4 is 15.3 Å². The van der Waals surface area contributed by atoms with Crippen molar-refractivity contribution in [1.29, 1.82) is 5.53 Å². The fourth-order valence-corrected chi connectivity index (χ4v) is 3.87. The Morgan fingerprint density at radius 3 is 2.57 bits per heavy atom. The SMILES string of the molecule is CC(C)OC(=O)[C@H](CCC(=O)C=[N+]=N)NP(=O)(OCCCCN)Oc1ccccc1. The molecule has 0 aliphatic carbocycles. The van der Waals surface area contributed by atoms with E-state index < -0.39 is 31.6 Å². The van der Waals surface area contributed by atoms with Crippen molar-refractivity contribution in [2.24, 2.45) is 5.73 Å². The molecule has 0 aliphatic rings. The molecule has 0 bridgehead atoms. The number of carbonyl (C=O) groups excluding carboxylic acids is 2. The molecule has 1 unspecified atom stereocenters. The van der Waals surface area contributed by atoms with Gasteiger partial charge in [-0.25, -0.2) is 4.57 Å². The zero-order chi connectivity index (χ0) is 22.4. The molecule has 0 saturated heterocycles. The Labute approximate surface area is 176 Å². The van der Waals surface area contributed by atoms with Gasteiger partial charge in [0.1, 0.15) is 11.8 Å². The van der Waals surface area contributed by atoms with E-state index in [1.165, 1.54) is 0 Å². The van der Waals surface area contributed by atoms with Gasteiger partial charge >= 0.3 is 19.9 Å². The molecule has 30 heavy (non-hydrogen) atoms. The molecule has 11 heteroatoms. The molecule has 2 atom stereocenters. The number of nitrogens with two attached hydrogens (primary N) is 1. The van der Waals surface area contributed by atoms with E-state index in [0.717, 1.165) is 6.21 Å². The van der Waals surface area contributed by atoms with Gasteiger partial charge in [-0.15, -0.1) is 0 Å². The molecule has 0 fully saturated rings. The van der Waals surface area contributed by atoms with E-state index in [2.05, 4.69) is 9.88 Å². The van der Waals surface area contributed by atoms with Crippen molar-refractivity contribution in [3.05, 3.63) is 30.3 Å². The highest BCUT2D eigenvalue weighted by Crippen LogP contribution is 2.45. The van der Waals surface area contributed by atoms with E-state index in [9.17, 15) is 14.2 Å². The molecule has 1 rings (SSSR count). The van der Waals surface area contributed by atoms with Gasteiger partial charge in [-0.1, -0.05) is 18.2 Å². The average Bonchev–Trinajstić information content (AvgIpc) is 2.69. The summed E-state index contributed by atoms with van der Waals surface area (Å²) in [6.07, 6.45) is 1.52. The molecule has 0 saturated carbocycles. The van der Waals surface area contributed by atoms with E-state index in [4.69, 9.17) is 25.0 Å². The third-order valence-electron chi connectivity index (χ3n) is 3.67. The van der Waals surface area contributed by atoms with Crippen molar-refractivity contribution >= 4 is 25.7 Å². The molecule has 1 aromatic rings. The van der Waals surface area contributed by atoms with Gasteiger partial charge in [-0.2, -0.15) is 5.09 Å². The summed E-state index contributed by atoms with van der Waals surface area (Å²) in [5.41, 5.74) is 12.2. The summed E-state index contributed by atoms with van der Waals surface area (Å²) in [6, 6.07) is 7.27. The van der Waals surface area contributed by atoms with Crippen molar-refractivity contribution in [1.82, 2.24) is 5.09 Å². The zero-order valence-electron chi connectivity index (χ0n) is 17.3. The number of unbranched alkanes of at least 4 members (excludes halogenated alkanes) is 1. The number of nitrogens with zero attached hydrogens (tertiary/aromatic N) is 1. The van der Waals surface area contributed by atoms with Crippen LogP contribution in [0.25, 0.3) is 0 Å². The summed E-state index contributed by atoms with van der Waals surface area (Å²) >= 11 is 0. The summed E-state index contributed by atoms with van der Waals surface area (Å²) in [4.78, 5) is 27.1. The molecular weight excluding hydrogens is 411 g/mol. The molecule has 0 radical (unpaired) electrons. The largest absolute Gasteiger partial charge is 0.462 e. The minimum Gasteiger partial charge on any atom is -0.462 e. The Balaban J connectivity index is 3.01. The van der Waals surface area contributed by atoms with E-state index in [0.29, 0.717) is 25.1 Å². The first-order valence-electron chi connectivity index (χ1n) is 9.70. The fourth-order valence-electron chi connectivity index (χ4n) is 2.30. The molecule has 0 aliphatic heterocycles. The van der Waals surface area contributed by atoms with Crippen LogP contribution in [0.1, 0.15) is 39.5 Å². The average molecular weight is 441 g/mol. The van der Waals surface area contributed by atoms with Gasteiger partial charge in [-0.05, 0) is 51.8 Å². The number of esters is 1. The van der Waals surface area contributed by atoms with Crippen LogP contribution >= 0.6 is 7.75 Å². The Morgan fingerprint density at radius 1 is 1.27 bits per heavy atom. The Hall–Kier alpha value is -2.35. The predicted octanol–water partition coefficient (Wildman–Crippen LogP) is 2.50. The van der Waals surface area contributed by atoms with Crippen LogP contribution in [0, 0.1) is 5.53 Å². The van der Waals surface area contributed by atoms with Crippen molar-refractivity contribution in [3.63, 3.8) is 0 Å². The van der Waals surface area contributed by atoms with E-state index >= 15 is 0 Å². The van der Waals surface area contributed by atoms with Crippen molar-refractivity contribution in [3.8, 4) is 5.75 Å². The van der Waals surface area contributed by atoms with Gasteiger partial charge in [0.2, 0.25) is 5.78 Å². The highest BCUT2D eigenvalue weighted by atomic mass is 31.2. The summed E-state index contributed by atoms with van der Waals surface area (Å²) in [7, 11) is -3.98. The summed E-state index contributed by atoms with van der Waals surface area (Å²) < 4.78 is 29.6. The van der Waals surface area contributed by atoms with Crippen LogP contribution in [0.4, 0.5) is 0 Å². The number of ketones is 1. The van der Waals surface area contributed by atoms with Crippen LogP contribution in [0.3, 0.4) is 0 Å². The Morgan fingerprint density at radius 2 is 1.97 bits per heavy atom. The molecule has 0 amide bonds. The van der Waals surface area contributed by atoms with Crippen LogP contribution in [-0.4, -0.2) is 48.1 Å². The second-order valence-electron chi connectivity index (χ2n) is 6.66. The first-order valence-corrected chi connectivity index (χ1v) is 11.2. The van der Waals surface area contributed by atoms with Crippen molar-refractivity contribution in [2.75, 3.05) is 13.2 Å². The third-order valence-corrected chi connectivity index (χ3v) is 5.27. The molecule has 0 spiro atoms. The summed E-state index contributed by atoms with van der Waals surface area (Å²) in [5.74, 6) is -0.847. The van der Waals surface area contributed by atoms with Crippen LogP contribution in [0.15, 0.2) is 30.3 Å². The monoisotopic (exact) mass is 441 g/mol. The summed E-state index contributed by atoms with van der Waals surface area (Å²) in [6.45, 7) is 3.92.